The Bertz CT molecular complexity index is 5140. The molecule has 1 fully saturated rings. The number of aromatic nitrogens is 10. The second kappa shape index (κ2) is 50.4. The predicted octanol–water partition coefficient (Wildman–Crippen LogP) is 12.9. The Morgan fingerprint density at radius 2 is 0.736 bits per heavy atom. The van der Waals surface area contributed by atoms with Gasteiger partial charge in [0.25, 0.3) is 11.8 Å². The van der Waals surface area contributed by atoms with Gasteiger partial charge < -0.3 is 39.3 Å². The van der Waals surface area contributed by atoms with Crippen LogP contribution in [-0.4, -0.2) is 163 Å². The number of alkyl halides is 3. The SMILES string of the molecule is CC1(C)OB(Cc2ccccc2)OC1(C)C.CCOC(=O)c1cn(C)nc1Br.CCOC(=O)c1cn(C)nc1C(=O)c1ccccc1.CCOC(=O)c1cn(C)nc1C(=O)c1ccccc1.CCOC(=O)c1cn(C)nc1Cc1ccccc1.ClC(Cl)Cl.Cn1cc(C(=O)NC(Cc2ccccc2)C(=O)C(N)=O)c(C(=O)c2ccccc2)n1.[O]=[Mn]=[O]. The summed E-state index contributed by atoms with van der Waals surface area (Å²) >= 11 is 16.1. The number of amides is 2. The number of esters is 4. The summed E-state index contributed by atoms with van der Waals surface area (Å²) in [6.07, 6.45) is 9.22. The van der Waals surface area contributed by atoms with Gasteiger partial charge in [0.15, 0.2) is 4.30 Å². The molecule has 3 N–H and O–H groups in total. The molecule has 0 bridgehead atoms. The summed E-state index contributed by atoms with van der Waals surface area (Å²) in [5, 5.41) is 23.0. The number of carbonyl (C=O) groups excluding carboxylic acids is 10. The second-order valence-electron chi connectivity index (χ2n) is 26.6. The van der Waals surface area contributed by atoms with E-state index in [1.54, 1.807) is 188 Å². The molecule has 1 atom stereocenters. The number of carbonyl (C=O) groups is 10. The standard InChI is InChI=1S/C22H20N4O4.2C14H14N2O3.C14H16N2O2.C13H19BO2.C7H9BrN2O2.CHCl3.Mn.2O/c1-26-13-16(18(25-26)19(27)15-10-6-3-7-11-15)22(30)24-17(20(28)21(23)29)12-14-8-4-2-5-9-14;2*1-3-19-14(18)11-9-16(2)15-12(11)13(17)10-7-5-4-6-8-10;1-3-18-14(17)12-10-16(2)15-13(12)9-11-7-5-4-6-8-11;1-12(2)13(3,4)16-14(15-12)10-11-8-6-5-7-9-11;1-3-12-7(11)5-4-10(2)9-6(5)8;2-1(3)4;;;/h2-11,13,17H,12H2,1H3,(H2,23,29)(H,24,30);2*4-9H,3H2,1-2H3;4-8,10H,3,9H2,1-2H3;5-9H,10H2,1-4H3;4H,3H2,1-2H3;1H;;;. The molecule has 2 amide bonds. The molecular formula is C85H93BBrCl3MnN12O18. The van der Waals surface area contributed by atoms with Crippen molar-refractivity contribution in [1.29, 1.82) is 0 Å². The first-order valence-electron chi connectivity index (χ1n) is 37.3. The van der Waals surface area contributed by atoms with Crippen LogP contribution in [0.3, 0.4) is 0 Å². The Balaban J connectivity index is 0.000000259. The van der Waals surface area contributed by atoms with Crippen LogP contribution in [0.15, 0.2) is 218 Å². The number of primary amides is 1. The fraction of sp³-hybridized carbons (Fsp3) is 0.282. The van der Waals surface area contributed by atoms with Crippen LogP contribution in [0.25, 0.3) is 0 Å². The number of halogens is 4. The molecule has 639 valence electrons. The number of nitrogens with two attached hydrogens (primary N) is 1. The molecule has 6 heterocycles. The Hall–Kier alpha value is -11.7. The third-order valence-corrected chi connectivity index (χ3v) is 17.6. The fourth-order valence-corrected chi connectivity index (χ4v) is 11.5. The molecule has 121 heavy (non-hydrogen) atoms. The monoisotopic (exact) mass is 1820 g/mol. The van der Waals surface area contributed by atoms with E-state index in [9.17, 15) is 47.9 Å². The van der Waals surface area contributed by atoms with Gasteiger partial charge in [-0.1, -0.05) is 222 Å². The molecule has 5 aromatic heterocycles. The maximum atomic E-state index is 12.9. The van der Waals surface area contributed by atoms with E-state index in [1.807, 2.05) is 66.7 Å². The van der Waals surface area contributed by atoms with E-state index < -0.39 is 60.5 Å². The first-order valence-corrected chi connectivity index (χ1v) is 40.3. The summed E-state index contributed by atoms with van der Waals surface area (Å²) in [6, 6.07) is 53.9. The maximum absolute atomic E-state index is 12.9. The third-order valence-electron chi connectivity index (χ3n) is 17.1. The molecule has 1 unspecified atom stereocenters. The van der Waals surface area contributed by atoms with Gasteiger partial charge in [-0.25, -0.2) is 19.2 Å². The van der Waals surface area contributed by atoms with Gasteiger partial charge in [0, 0.05) is 102 Å². The Kier molecular flexibility index (Phi) is 41.6. The van der Waals surface area contributed by atoms with Crippen LogP contribution in [-0.2, 0) is 115 Å². The van der Waals surface area contributed by atoms with Crippen molar-refractivity contribution in [2.75, 3.05) is 26.4 Å². The van der Waals surface area contributed by atoms with Crippen LogP contribution < -0.4 is 11.1 Å². The number of hydrogen-bond acceptors (Lipinski definition) is 23. The van der Waals surface area contributed by atoms with E-state index in [0.29, 0.717) is 52.1 Å². The minimum absolute atomic E-state index is 0.00156. The number of Topliss-reactive ketones (excluding diaryl/α,β-unsaturated/α-hetero) is 1. The molecule has 1 aliphatic heterocycles. The first kappa shape index (κ1) is 99.9. The molecule has 6 aromatic carbocycles. The van der Waals surface area contributed by atoms with E-state index in [0.717, 1.165) is 23.1 Å². The minimum atomic E-state index is -1.44. The van der Waals surface area contributed by atoms with Gasteiger partial charge in [-0.05, 0) is 82.4 Å². The van der Waals surface area contributed by atoms with Crippen molar-refractivity contribution in [1.82, 2.24) is 54.2 Å². The molecule has 0 saturated carbocycles. The number of nitrogens with one attached hydrogen (secondary N) is 1. The van der Waals surface area contributed by atoms with Crippen molar-refractivity contribution >= 4 is 117 Å². The van der Waals surface area contributed by atoms with Gasteiger partial charge in [-0.3, -0.25) is 52.2 Å². The van der Waals surface area contributed by atoms with E-state index in [4.69, 9.17) is 76.5 Å². The summed E-state index contributed by atoms with van der Waals surface area (Å²) in [6.45, 7) is 16.6. The van der Waals surface area contributed by atoms with Gasteiger partial charge in [0.05, 0.1) is 48.9 Å². The number of rotatable bonds is 24. The van der Waals surface area contributed by atoms with Crippen LogP contribution in [0.1, 0.15) is 178 Å². The zero-order valence-electron chi connectivity index (χ0n) is 68.7. The first-order chi connectivity index (χ1) is 57.5. The second-order valence-corrected chi connectivity index (χ2v) is 29.6. The zero-order chi connectivity index (χ0) is 89.5. The molecular weight excluding hydrogens is 1730 g/mol. The van der Waals surface area contributed by atoms with Crippen LogP contribution in [0.5, 0.6) is 0 Å². The molecule has 0 radical (unpaired) electrons. The predicted molar refractivity (Wildman–Crippen MR) is 451 cm³/mol. The van der Waals surface area contributed by atoms with Crippen LogP contribution >= 0.6 is 50.7 Å². The number of hydrogen-bond donors (Lipinski definition) is 2. The number of aryl methyl sites for hydroxylation is 5. The van der Waals surface area contributed by atoms with Crippen LogP contribution in [0.2, 0.25) is 0 Å². The van der Waals surface area contributed by atoms with E-state index in [2.05, 4.69) is 86.6 Å². The van der Waals surface area contributed by atoms with Crippen molar-refractivity contribution in [2.45, 2.75) is 96.1 Å². The summed E-state index contributed by atoms with van der Waals surface area (Å²) in [5.74, 6) is -5.50. The molecule has 0 aliphatic carbocycles. The molecule has 1 saturated heterocycles. The zero-order valence-corrected chi connectivity index (χ0v) is 73.7. The fourth-order valence-electron chi connectivity index (χ4n) is 11.0. The molecule has 11 aromatic rings. The van der Waals surface area contributed by atoms with Crippen molar-refractivity contribution < 1.29 is 98.7 Å². The number of ether oxygens (including phenoxy) is 4. The number of nitrogens with zero attached hydrogens (tertiary/aromatic N) is 10. The molecule has 1 aliphatic rings. The topological polar surface area (TPSA) is 387 Å². The van der Waals surface area contributed by atoms with Crippen LogP contribution in [0, 0.1) is 0 Å². The summed E-state index contributed by atoms with van der Waals surface area (Å²) < 4.78 is 55.5. The Labute approximate surface area is 729 Å². The van der Waals surface area contributed by atoms with Crippen molar-refractivity contribution in [3.8, 4) is 0 Å². The number of benzene rings is 6. The Morgan fingerprint density at radius 3 is 1.08 bits per heavy atom. The molecule has 36 heteroatoms. The summed E-state index contributed by atoms with van der Waals surface area (Å²) in [4.78, 5) is 121. The molecule has 0 spiro atoms. The van der Waals surface area contributed by atoms with E-state index >= 15 is 0 Å². The van der Waals surface area contributed by atoms with Crippen molar-refractivity contribution in [3.63, 3.8) is 0 Å². The van der Waals surface area contributed by atoms with Crippen molar-refractivity contribution in [2.24, 2.45) is 41.0 Å². The van der Waals surface area contributed by atoms with Gasteiger partial charge in [-0.2, -0.15) is 25.5 Å². The Morgan fingerprint density at radius 1 is 0.446 bits per heavy atom. The normalized spacial score (nSPS) is 11.9. The number of ketones is 4. The molecule has 30 nitrogen and oxygen atoms in total. The van der Waals surface area contributed by atoms with Crippen LogP contribution in [0.4, 0.5) is 0 Å². The summed E-state index contributed by atoms with van der Waals surface area (Å²) in [7, 11) is 8.31. The van der Waals surface area contributed by atoms with Gasteiger partial charge in [0.1, 0.15) is 50.0 Å². The van der Waals surface area contributed by atoms with Gasteiger partial charge in [0.2, 0.25) is 23.1 Å². The third kappa shape index (κ3) is 32.1. The van der Waals surface area contributed by atoms with E-state index in [-0.39, 0.29) is 95.2 Å². The average Bonchev–Trinajstić information content (AvgIpc) is 1.64. The van der Waals surface area contributed by atoms with Gasteiger partial charge in [-0.15, -0.1) is 0 Å². The quantitative estimate of drug-likeness (QED) is 0.0142. The van der Waals surface area contributed by atoms with Crippen molar-refractivity contribution in [3.05, 3.63) is 302 Å². The van der Waals surface area contributed by atoms with Gasteiger partial charge >= 0.3 is 53.5 Å². The molecule has 12 rings (SSSR count). The summed E-state index contributed by atoms with van der Waals surface area (Å²) in [5.41, 5.74) is 11.5. The van der Waals surface area contributed by atoms with E-state index in [1.165, 1.54) is 38.2 Å². The average molecular weight is 1820 g/mol.